The van der Waals surface area contributed by atoms with Crippen LogP contribution in [0.1, 0.15) is 22.8 Å². The van der Waals surface area contributed by atoms with Crippen molar-refractivity contribution in [2.45, 2.75) is 6.92 Å². The molecule has 0 aromatic heterocycles. The van der Waals surface area contributed by atoms with Gasteiger partial charge in [-0.15, -0.1) is 0 Å². The van der Waals surface area contributed by atoms with Crippen molar-refractivity contribution in [3.8, 4) is 11.5 Å². The minimum Gasteiger partial charge on any atom is -0.490 e. The number of hydrogen-bond donors (Lipinski definition) is 1. The predicted octanol–water partition coefficient (Wildman–Crippen LogP) is 4.29. The maximum atomic E-state index is 13.0. The average Bonchev–Trinajstić information content (AvgIpc) is 3.16. The number of benzene rings is 2. The molecule has 13 heteroatoms. The summed E-state index contributed by atoms with van der Waals surface area (Å²) in [6, 6.07) is 9.73. The Morgan fingerprint density at radius 3 is 2.61 bits per heavy atom. The number of nitrogens with one attached hydrogen (secondary N) is 1. The van der Waals surface area contributed by atoms with E-state index in [1.807, 2.05) is 6.92 Å². The number of hydrazine groups is 1. The Balaban J connectivity index is 1.48. The zero-order valence-corrected chi connectivity index (χ0v) is 24.2. The normalized spacial score (nSPS) is 16.7. The van der Waals surface area contributed by atoms with Crippen LogP contribution in [0.2, 0.25) is 5.02 Å². The molecule has 2 aromatic carbocycles. The highest BCUT2D eigenvalue weighted by molar-refractivity contribution is 9.10. The van der Waals surface area contributed by atoms with Crippen LogP contribution < -0.4 is 14.9 Å². The first-order valence-electron chi connectivity index (χ1n) is 11.6. The lowest BCUT2D eigenvalue weighted by atomic mass is 10.2. The molecule has 0 atom stereocenters. The van der Waals surface area contributed by atoms with Crippen LogP contribution in [0.5, 0.6) is 11.5 Å². The van der Waals surface area contributed by atoms with E-state index in [0.717, 1.165) is 16.8 Å². The van der Waals surface area contributed by atoms with Crippen molar-refractivity contribution in [1.29, 1.82) is 0 Å². The lowest BCUT2D eigenvalue weighted by molar-refractivity contribution is -0.137. The number of rotatable bonds is 8. The van der Waals surface area contributed by atoms with E-state index in [0.29, 0.717) is 69.9 Å². The Kier molecular flexibility index (Phi) is 9.66. The minimum atomic E-state index is -0.492. The van der Waals surface area contributed by atoms with Crippen molar-refractivity contribution in [1.82, 2.24) is 15.3 Å². The highest BCUT2D eigenvalue weighted by Gasteiger charge is 2.34. The third-order valence-corrected chi connectivity index (χ3v) is 7.59. The van der Waals surface area contributed by atoms with E-state index in [1.54, 1.807) is 47.4 Å². The van der Waals surface area contributed by atoms with Crippen LogP contribution in [0.3, 0.4) is 0 Å². The highest BCUT2D eigenvalue weighted by Crippen LogP contribution is 2.39. The summed E-state index contributed by atoms with van der Waals surface area (Å²) in [6.07, 6.45) is 1.64. The van der Waals surface area contributed by atoms with E-state index in [1.165, 1.54) is 0 Å². The van der Waals surface area contributed by atoms with E-state index in [-0.39, 0.29) is 16.8 Å². The largest absolute Gasteiger partial charge is 0.490 e. The average molecular weight is 641 g/mol. The zero-order chi connectivity index (χ0) is 27.2. The number of halogens is 2. The molecule has 1 N–H and O–H groups in total. The number of nitrogens with zero attached hydrogens (tertiary/aromatic N) is 2. The molecule has 0 bridgehead atoms. The molecule has 0 radical (unpaired) electrons. The number of ether oxygens (including phenoxy) is 3. The fourth-order valence-electron chi connectivity index (χ4n) is 3.60. The fourth-order valence-corrected chi connectivity index (χ4v) is 5.47. The summed E-state index contributed by atoms with van der Waals surface area (Å²) in [4.78, 5) is 40.1. The fraction of sp³-hybridized carbons (Fsp3) is 0.280. The van der Waals surface area contributed by atoms with Gasteiger partial charge in [0.1, 0.15) is 0 Å². The van der Waals surface area contributed by atoms with Gasteiger partial charge < -0.3 is 19.1 Å². The SMILES string of the molecule is CCOc1cc(/C=C2/SC(=S)N(NC(=O)c3ccc(Cl)cc3)C2=O)cc(Br)c1OCC(=O)N1CCOCC1. The summed E-state index contributed by atoms with van der Waals surface area (Å²) in [5.74, 6) is -0.305. The van der Waals surface area contributed by atoms with Gasteiger partial charge in [0.05, 0.1) is 29.2 Å². The molecule has 38 heavy (non-hydrogen) atoms. The molecule has 3 amide bonds. The van der Waals surface area contributed by atoms with Crippen molar-refractivity contribution < 1.29 is 28.6 Å². The van der Waals surface area contributed by atoms with Gasteiger partial charge in [-0.1, -0.05) is 23.4 Å². The first-order chi connectivity index (χ1) is 18.3. The van der Waals surface area contributed by atoms with Gasteiger partial charge in [-0.2, -0.15) is 5.01 Å². The number of morpholine rings is 1. The van der Waals surface area contributed by atoms with Crippen LogP contribution in [-0.2, 0) is 14.3 Å². The molecule has 2 aromatic rings. The van der Waals surface area contributed by atoms with E-state index in [9.17, 15) is 14.4 Å². The summed E-state index contributed by atoms with van der Waals surface area (Å²) in [5.41, 5.74) is 3.51. The molecule has 2 heterocycles. The second kappa shape index (κ2) is 12.9. The highest BCUT2D eigenvalue weighted by atomic mass is 79.9. The summed E-state index contributed by atoms with van der Waals surface area (Å²) in [6.45, 7) is 4.11. The van der Waals surface area contributed by atoms with Gasteiger partial charge in [-0.05, 0) is 83.1 Å². The maximum Gasteiger partial charge on any atom is 0.285 e. The first kappa shape index (κ1) is 28.4. The first-order valence-corrected chi connectivity index (χ1v) is 14.0. The van der Waals surface area contributed by atoms with Gasteiger partial charge in [-0.25, -0.2) is 0 Å². The molecule has 2 fully saturated rings. The van der Waals surface area contributed by atoms with E-state index in [4.69, 9.17) is 38.0 Å². The van der Waals surface area contributed by atoms with Crippen LogP contribution in [0.25, 0.3) is 6.08 Å². The third kappa shape index (κ3) is 6.86. The topological polar surface area (TPSA) is 97.4 Å². The van der Waals surface area contributed by atoms with Gasteiger partial charge in [0, 0.05) is 23.7 Å². The van der Waals surface area contributed by atoms with Crippen molar-refractivity contribution in [2.75, 3.05) is 39.5 Å². The molecule has 0 unspecified atom stereocenters. The summed E-state index contributed by atoms with van der Waals surface area (Å²) in [5, 5.41) is 1.53. The van der Waals surface area contributed by atoms with E-state index >= 15 is 0 Å². The Bertz CT molecular complexity index is 1280. The van der Waals surface area contributed by atoms with E-state index in [2.05, 4.69) is 21.4 Å². The molecule has 0 spiro atoms. The summed E-state index contributed by atoms with van der Waals surface area (Å²) < 4.78 is 17.6. The number of thiocarbonyl (C=S) groups is 1. The van der Waals surface area contributed by atoms with Gasteiger partial charge in [0.25, 0.3) is 17.7 Å². The van der Waals surface area contributed by atoms with Crippen molar-refractivity contribution in [3.05, 3.63) is 61.9 Å². The van der Waals surface area contributed by atoms with Gasteiger partial charge in [0.2, 0.25) is 0 Å². The van der Waals surface area contributed by atoms with Crippen LogP contribution in [-0.4, -0.2) is 71.5 Å². The molecule has 0 aliphatic carbocycles. The Morgan fingerprint density at radius 1 is 1.21 bits per heavy atom. The lowest BCUT2D eigenvalue weighted by Crippen LogP contribution is -2.44. The number of carbonyl (C=O) groups is 3. The minimum absolute atomic E-state index is 0.143. The number of carbonyl (C=O) groups excluding carboxylic acids is 3. The summed E-state index contributed by atoms with van der Waals surface area (Å²) in [7, 11) is 0. The van der Waals surface area contributed by atoms with Crippen molar-refractivity contribution in [3.63, 3.8) is 0 Å². The van der Waals surface area contributed by atoms with Gasteiger partial charge in [-0.3, -0.25) is 19.8 Å². The monoisotopic (exact) mass is 639 g/mol. The number of thioether (sulfide) groups is 1. The van der Waals surface area contributed by atoms with Crippen molar-refractivity contribution in [2.24, 2.45) is 0 Å². The van der Waals surface area contributed by atoms with Gasteiger partial charge >= 0.3 is 0 Å². The van der Waals surface area contributed by atoms with Crippen LogP contribution in [0, 0.1) is 0 Å². The molecule has 200 valence electrons. The van der Waals surface area contributed by atoms with Gasteiger partial charge in [0.15, 0.2) is 22.4 Å². The third-order valence-electron chi connectivity index (χ3n) is 5.45. The predicted molar refractivity (Wildman–Crippen MR) is 152 cm³/mol. The van der Waals surface area contributed by atoms with Crippen LogP contribution >= 0.6 is 51.5 Å². The molecule has 2 saturated heterocycles. The second-order valence-electron chi connectivity index (χ2n) is 8.01. The maximum absolute atomic E-state index is 13.0. The standard InChI is InChI=1S/C25H23BrClN3O6S2/c1-2-35-19-12-15(11-18(26)22(19)36-14-21(31)29-7-9-34-10-8-29)13-20-24(33)30(25(37)38-20)28-23(32)16-3-5-17(27)6-4-16/h3-6,11-13H,2,7-10,14H2,1H3,(H,28,32)/b20-13+. The second-order valence-corrected chi connectivity index (χ2v) is 11.0. The molecule has 2 aliphatic rings. The molecule has 0 saturated carbocycles. The quantitative estimate of drug-likeness (QED) is 0.338. The molecular formula is C25H23BrClN3O6S2. The Morgan fingerprint density at radius 2 is 1.92 bits per heavy atom. The molecule has 2 aliphatic heterocycles. The number of hydrogen-bond acceptors (Lipinski definition) is 8. The smallest absolute Gasteiger partial charge is 0.285 e. The Hall–Kier alpha value is -2.64. The van der Waals surface area contributed by atoms with Crippen molar-refractivity contribution >= 4 is 79.6 Å². The Labute approximate surface area is 242 Å². The molecule has 4 rings (SSSR count). The molecule has 9 nitrogen and oxygen atoms in total. The molecular weight excluding hydrogens is 618 g/mol. The lowest BCUT2D eigenvalue weighted by Gasteiger charge is -2.27. The van der Waals surface area contributed by atoms with Crippen LogP contribution in [0.4, 0.5) is 0 Å². The number of amides is 3. The van der Waals surface area contributed by atoms with E-state index < -0.39 is 11.8 Å². The van der Waals surface area contributed by atoms with Crippen LogP contribution in [0.15, 0.2) is 45.8 Å². The summed E-state index contributed by atoms with van der Waals surface area (Å²) >= 11 is 15.7. The zero-order valence-electron chi connectivity index (χ0n) is 20.2.